The molecule has 0 amide bonds. The first kappa shape index (κ1) is 26.1. The van der Waals surface area contributed by atoms with Crippen LogP contribution in [-0.2, 0) is 21.1 Å². The Morgan fingerprint density at radius 1 is 1.28 bits per heavy atom. The van der Waals surface area contributed by atoms with Crippen molar-refractivity contribution < 1.29 is 13.2 Å². The Morgan fingerprint density at radius 2 is 2.00 bits per heavy atom. The highest BCUT2D eigenvalue weighted by atomic mass is 127. The molecule has 29 heavy (non-hydrogen) atoms. The van der Waals surface area contributed by atoms with Crippen LogP contribution in [0.1, 0.15) is 25.8 Å². The third-order valence-corrected chi connectivity index (χ3v) is 5.63. The molecule has 0 aliphatic carbocycles. The number of hydrogen-bond donors (Lipinski definition) is 2. The van der Waals surface area contributed by atoms with Gasteiger partial charge in [0.15, 0.2) is 5.96 Å². The number of hydrogen-bond acceptors (Lipinski definition) is 5. The zero-order chi connectivity index (χ0) is 20.4. The van der Waals surface area contributed by atoms with Crippen LogP contribution < -0.4 is 10.6 Å². The lowest BCUT2D eigenvalue weighted by atomic mass is 10.2. The van der Waals surface area contributed by atoms with Crippen molar-refractivity contribution >= 4 is 39.8 Å². The number of aliphatic imine (C=N–C) groups is 1. The summed E-state index contributed by atoms with van der Waals surface area (Å²) in [4.78, 5) is 7.04. The van der Waals surface area contributed by atoms with E-state index < -0.39 is 9.84 Å². The highest BCUT2D eigenvalue weighted by molar-refractivity contribution is 14.0. The molecule has 0 bridgehead atoms. The molecule has 0 spiro atoms. The van der Waals surface area contributed by atoms with Gasteiger partial charge in [-0.05, 0) is 25.8 Å². The largest absolute Gasteiger partial charge is 0.378 e. The number of rotatable bonds is 10. The van der Waals surface area contributed by atoms with E-state index in [-0.39, 0.29) is 36.3 Å². The molecule has 9 heteroatoms. The molecule has 1 saturated heterocycles. The highest BCUT2D eigenvalue weighted by Crippen LogP contribution is 2.20. The molecule has 1 fully saturated rings. The normalized spacial score (nSPS) is 20.3. The van der Waals surface area contributed by atoms with Gasteiger partial charge in [-0.25, -0.2) is 8.42 Å². The molecule has 1 aliphatic heterocycles. The van der Waals surface area contributed by atoms with Crippen LogP contribution >= 0.6 is 24.0 Å². The fourth-order valence-corrected chi connectivity index (χ4v) is 3.71. The number of nitrogens with one attached hydrogen (secondary N) is 2. The maximum atomic E-state index is 11.1. The molecule has 1 heterocycles. The zero-order valence-electron chi connectivity index (χ0n) is 17.6. The van der Waals surface area contributed by atoms with Crippen molar-refractivity contribution in [2.24, 2.45) is 4.99 Å². The van der Waals surface area contributed by atoms with Crippen molar-refractivity contribution in [3.05, 3.63) is 35.9 Å². The van der Waals surface area contributed by atoms with Gasteiger partial charge in [-0.1, -0.05) is 30.3 Å². The van der Waals surface area contributed by atoms with Crippen LogP contribution in [0.5, 0.6) is 0 Å². The van der Waals surface area contributed by atoms with Gasteiger partial charge in [0.1, 0.15) is 9.84 Å². The molecule has 1 aliphatic rings. The van der Waals surface area contributed by atoms with Crippen molar-refractivity contribution in [3.63, 3.8) is 0 Å². The lowest BCUT2D eigenvalue weighted by molar-refractivity contribution is 0.157. The summed E-state index contributed by atoms with van der Waals surface area (Å²) in [6, 6.07) is 11.4. The third kappa shape index (κ3) is 10.6. The van der Waals surface area contributed by atoms with Crippen molar-refractivity contribution in [1.29, 1.82) is 0 Å². The van der Waals surface area contributed by atoms with E-state index in [0.29, 0.717) is 25.2 Å². The van der Waals surface area contributed by atoms with Crippen molar-refractivity contribution in [2.75, 3.05) is 44.9 Å². The molecule has 2 rings (SSSR count). The van der Waals surface area contributed by atoms with E-state index >= 15 is 0 Å². The summed E-state index contributed by atoms with van der Waals surface area (Å²) in [7, 11) is -2.98. The topological polar surface area (TPSA) is 83.0 Å². The Hall–Kier alpha value is -0.910. The molecule has 7 nitrogen and oxygen atoms in total. The number of nitrogens with zero attached hydrogens (tertiary/aromatic N) is 2. The minimum atomic E-state index is -2.98. The molecule has 1 aromatic carbocycles. The lowest BCUT2D eigenvalue weighted by Crippen LogP contribution is -2.44. The van der Waals surface area contributed by atoms with Gasteiger partial charge in [0.2, 0.25) is 0 Å². The van der Waals surface area contributed by atoms with E-state index in [9.17, 15) is 8.42 Å². The van der Waals surface area contributed by atoms with Gasteiger partial charge in [0.05, 0.1) is 25.5 Å². The summed E-state index contributed by atoms with van der Waals surface area (Å²) in [5.74, 6) is 0.833. The molecule has 0 radical (unpaired) electrons. The van der Waals surface area contributed by atoms with E-state index in [4.69, 9.17) is 4.74 Å². The van der Waals surface area contributed by atoms with E-state index in [1.165, 1.54) is 11.8 Å². The maximum absolute atomic E-state index is 11.1. The molecule has 2 atom stereocenters. The van der Waals surface area contributed by atoms with Crippen molar-refractivity contribution in [2.45, 2.75) is 38.9 Å². The minimum Gasteiger partial charge on any atom is -0.378 e. The number of benzene rings is 1. The smallest absolute Gasteiger partial charge is 0.191 e. The molecule has 2 N–H and O–H groups in total. The maximum Gasteiger partial charge on any atom is 0.191 e. The first-order valence-corrected chi connectivity index (χ1v) is 12.0. The van der Waals surface area contributed by atoms with Gasteiger partial charge < -0.3 is 15.4 Å². The Kier molecular flexibility index (Phi) is 12.1. The summed E-state index contributed by atoms with van der Waals surface area (Å²) in [5, 5.41) is 6.80. The van der Waals surface area contributed by atoms with Gasteiger partial charge in [-0.15, -0.1) is 24.0 Å². The van der Waals surface area contributed by atoms with E-state index in [0.717, 1.165) is 32.0 Å². The first-order chi connectivity index (χ1) is 13.4. The predicted molar refractivity (Wildman–Crippen MR) is 130 cm³/mol. The summed E-state index contributed by atoms with van der Waals surface area (Å²) in [6.45, 7) is 8.16. The van der Waals surface area contributed by atoms with Gasteiger partial charge in [0.25, 0.3) is 0 Å². The molecule has 0 aromatic heterocycles. The molecular weight excluding hydrogens is 503 g/mol. The van der Waals surface area contributed by atoms with E-state index in [2.05, 4.69) is 51.7 Å². The van der Waals surface area contributed by atoms with Crippen LogP contribution in [-0.4, -0.2) is 76.2 Å². The van der Waals surface area contributed by atoms with Gasteiger partial charge in [-0.3, -0.25) is 9.89 Å². The Morgan fingerprint density at radius 3 is 2.66 bits per heavy atom. The molecule has 0 saturated carbocycles. The number of likely N-dealkylation sites (tertiary alicyclic amines) is 1. The SMILES string of the molecule is CCNC(=NCCOCCS(C)(=O)=O)NC1CC(C)N(Cc2ccccc2)C1.I. The molecule has 1 aromatic rings. The van der Waals surface area contributed by atoms with Crippen LogP contribution in [0.2, 0.25) is 0 Å². The summed E-state index contributed by atoms with van der Waals surface area (Å²) in [5.41, 5.74) is 1.34. The molecule has 2 unspecified atom stereocenters. The Bertz CT molecular complexity index is 716. The zero-order valence-corrected chi connectivity index (χ0v) is 20.8. The van der Waals surface area contributed by atoms with Crippen LogP contribution in [0.25, 0.3) is 0 Å². The average molecular weight is 538 g/mol. The first-order valence-electron chi connectivity index (χ1n) is 9.95. The Balaban J connectivity index is 0.00000420. The number of guanidine groups is 1. The second kappa shape index (κ2) is 13.4. The summed E-state index contributed by atoms with van der Waals surface area (Å²) < 4.78 is 27.5. The molecular formula is C20H35IN4O3S. The standard InChI is InChI=1S/C20H34N4O3S.HI/c1-4-21-20(22-10-11-27-12-13-28(3,25)26)23-19-14-17(2)24(16-19)15-18-8-6-5-7-9-18;/h5-9,17,19H,4,10-16H2,1-3H3,(H2,21,22,23);1H. The van der Waals surface area contributed by atoms with Gasteiger partial charge >= 0.3 is 0 Å². The second-order valence-electron chi connectivity index (χ2n) is 7.34. The monoisotopic (exact) mass is 538 g/mol. The van der Waals surface area contributed by atoms with Crippen molar-refractivity contribution in [1.82, 2.24) is 15.5 Å². The van der Waals surface area contributed by atoms with E-state index in [1.54, 1.807) is 0 Å². The number of sulfone groups is 1. The minimum absolute atomic E-state index is 0. The average Bonchev–Trinajstić information content (AvgIpc) is 2.97. The van der Waals surface area contributed by atoms with Crippen molar-refractivity contribution in [3.8, 4) is 0 Å². The van der Waals surface area contributed by atoms with E-state index in [1.807, 2.05) is 13.0 Å². The fourth-order valence-electron chi connectivity index (χ4n) is 3.29. The van der Waals surface area contributed by atoms with Crippen LogP contribution in [0.15, 0.2) is 35.3 Å². The van der Waals surface area contributed by atoms with Crippen LogP contribution in [0.4, 0.5) is 0 Å². The summed E-state index contributed by atoms with van der Waals surface area (Å²) >= 11 is 0. The second-order valence-corrected chi connectivity index (χ2v) is 9.60. The van der Waals surface area contributed by atoms with Gasteiger partial charge in [-0.2, -0.15) is 0 Å². The molecule has 166 valence electrons. The third-order valence-electron chi connectivity index (χ3n) is 4.72. The number of halogens is 1. The highest BCUT2D eigenvalue weighted by Gasteiger charge is 2.29. The quantitative estimate of drug-likeness (QED) is 0.205. The van der Waals surface area contributed by atoms with Gasteiger partial charge in [0, 0.05) is 38.0 Å². The predicted octanol–water partition coefficient (Wildman–Crippen LogP) is 1.88. The van der Waals surface area contributed by atoms with Crippen LogP contribution in [0.3, 0.4) is 0 Å². The fraction of sp³-hybridized carbons (Fsp3) is 0.650. The number of ether oxygens (including phenoxy) is 1. The van der Waals surface area contributed by atoms with Crippen LogP contribution in [0, 0.1) is 0 Å². The Labute approximate surface area is 192 Å². The summed E-state index contributed by atoms with van der Waals surface area (Å²) in [6.07, 6.45) is 2.29. The lowest BCUT2D eigenvalue weighted by Gasteiger charge is -2.21.